The van der Waals surface area contributed by atoms with E-state index in [0.717, 1.165) is 49.3 Å². The van der Waals surface area contributed by atoms with Crippen LogP contribution in [0, 0.1) is 6.92 Å². The fourth-order valence-electron chi connectivity index (χ4n) is 5.88. The molecule has 0 unspecified atom stereocenters. The van der Waals surface area contributed by atoms with Crippen molar-refractivity contribution in [3.05, 3.63) is 78.5 Å². The lowest BCUT2D eigenvalue weighted by Gasteiger charge is -2.30. The van der Waals surface area contributed by atoms with Gasteiger partial charge >= 0.3 is 0 Å². The number of ether oxygens (including phenoxy) is 1. The monoisotopic (exact) mass is 674 g/mol. The zero-order valence-electron chi connectivity index (χ0n) is 26.3. The minimum absolute atomic E-state index is 0.00428. The number of carbonyl (C=O) groups excluding carboxylic acids is 5. The number of amides is 1. The minimum Gasteiger partial charge on any atom is -0.495 e. The van der Waals surface area contributed by atoms with Gasteiger partial charge in [0.05, 0.1) is 29.2 Å². The number of para-hydroxylation sites is 1. The van der Waals surface area contributed by atoms with Gasteiger partial charge in [-0.1, -0.05) is 12.1 Å². The summed E-state index contributed by atoms with van der Waals surface area (Å²) >= 11 is 2.18. The number of anilines is 1. The Kier molecular flexibility index (Phi) is 9.43. The number of ketones is 4. The summed E-state index contributed by atoms with van der Waals surface area (Å²) in [6.45, 7) is 4.72. The van der Waals surface area contributed by atoms with E-state index in [1.165, 1.54) is 23.5 Å². The summed E-state index contributed by atoms with van der Waals surface area (Å²) in [5, 5.41) is 6.94. The summed E-state index contributed by atoms with van der Waals surface area (Å²) in [5.74, 6) is -0.978. The molecule has 2 aromatic heterocycles. The number of thiazole rings is 2. The Morgan fingerprint density at radius 3 is 2.19 bits per heavy atom. The molecular weight excluding hydrogens is 641 g/mol. The smallest absolute Gasteiger partial charge is 0.287 e. The van der Waals surface area contributed by atoms with Crippen molar-refractivity contribution < 1.29 is 28.7 Å². The Morgan fingerprint density at radius 1 is 0.936 bits per heavy atom. The molecule has 0 radical (unpaired) electrons. The molecule has 1 aromatic carbocycles. The fourth-order valence-corrected chi connectivity index (χ4v) is 7.63. The number of rotatable bonds is 12. The second kappa shape index (κ2) is 13.7. The Balaban J connectivity index is 0.969. The first-order valence-electron chi connectivity index (χ1n) is 15.4. The van der Waals surface area contributed by atoms with Crippen LogP contribution < -0.4 is 20.3 Å². The number of benzene rings is 1. The third-order valence-electron chi connectivity index (χ3n) is 8.17. The van der Waals surface area contributed by atoms with Crippen LogP contribution in [0.3, 0.4) is 0 Å². The van der Waals surface area contributed by atoms with Crippen LogP contribution in [0.1, 0.15) is 80.0 Å². The van der Waals surface area contributed by atoms with Crippen LogP contribution in [0.4, 0.5) is 5.69 Å². The molecule has 0 atom stereocenters. The fraction of sp³-hybridized carbons (Fsp3) is 0.364. The molecule has 0 fully saturated rings. The van der Waals surface area contributed by atoms with Crippen LogP contribution in [-0.4, -0.2) is 90.8 Å². The normalized spacial score (nSPS) is 15.6. The van der Waals surface area contributed by atoms with Crippen LogP contribution in [-0.2, 0) is 6.42 Å². The van der Waals surface area contributed by atoms with E-state index in [2.05, 4.69) is 25.5 Å². The maximum absolute atomic E-state index is 13.6. The Hall–Kier alpha value is -4.53. The number of hydrogen-bond donors (Lipinski definition) is 2. The number of allylic oxidation sites excluding steroid dienone is 4. The number of hydrogen-bond acceptors (Lipinski definition) is 13. The topological polar surface area (TPSA) is 151 Å². The van der Waals surface area contributed by atoms with Gasteiger partial charge in [0, 0.05) is 31.8 Å². The Bertz CT molecular complexity index is 1840. The van der Waals surface area contributed by atoms with Crippen molar-refractivity contribution >= 4 is 57.4 Å². The highest BCUT2D eigenvalue weighted by molar-refractivity contribution is 7.16. The molecule has 0 saturated carbocycles. The molecule has 47 heavy (non-hydrogen) atoms. The van der Waals surface area contributed by atoms with Gasteiger partial charge in [0.25, 0.3) is 5.91 Å². The maximum Gasteiger partial charge on any atom is 0.287 e. The second-order valence-corrected chi connectivity index (χ2v) is 13.7. The number of nitrogens with zero attached hydrogens (tertiary/aromatic N) is 4. The van der Waals surface area contributed by atoms with Crippen LogP contribution in [0.15, 0.2) is 41.7 Å². The number of nitrogens with one attached hydrogen (secondary N) is 2. The molecule has 2 N–H and O–H groups in total. The lowest BCUT2D eigenvalue weighted by Crippen LogP contribution is -2.35. The first-order chi connectivity index (χ1) is 22.7. The summed E-state index contributed by atoms with van der Waals surface area (Å²) in [7, 11) is 3.54. The highest BCUT2D eigenvalue weighted by Gasteiger charge is 2.35. The number of Topliss-reactive ketones (excluding diaryl/α,β-unsaturated/α-hetero) is 2. The molecule has 12 nitrogen and oxygen atoms in total. The zero-order chi connectivity index (χ0) is 33.2. The molecule has 1 aliphatic heterocycles. The first-order valence-corrected chi connectivity index (χ1v) is 17.0. The molecule has 0 bridgehead atoms. The van der Waals surface area contributed by atoms with Crippen LogP contribution >= 0.6 is 22.7 Å². The molecule has 2 aliphatic carbocycles. The van der Waals surface area contributed by atoms with E-state index in [0.29, 0.717) is 47.4 Å². The third kappa shape index (κ3) is 6.53. The summed E-state index contributed by atoms with van der Waals surface area (Å²) in [6.07, 6.45) is 5.69. The lowest BCUT2D eigenvalue weighted by atomic mass is 10.0. The summed E-state index contributed by atoms with van der Waals surface area (Å²) < 4.78 is 5.52. The Morgan fingerprint density at radius 2 is 1.55 bits per heavy atom. The SMILES string of the molecule is COc1cccc2c1N(C(=O)c1nc3c(s1)C(=O)C=C(NCCCN(C)CCCNC1=CC(=O)c4sc(C)nc4C1=O)C3=O)CCC2. The molecule has 3 aromatic rings. The molecule has 0 saturated heterocycles. The molecule has 3 aliphatic rings. The van der Waals surface area contributed by atoms with Crippen LogP contribution in [0.25, 0.3) is 0 Å². The van der Waals surface area contributed by atoms with E-state index in [-0.39, 0.29) is 55.9 Å². The van der Waals surface area contributed by atoms with Gasteiger partial charge < -0.3 is 25.2 Å². The van der Waals surface area contributed by atoms with Crippen molar-refractivity contribution in [3.8, 4) is 5.75 Å². The lowest BCUT2D eigenvalue weighted by molar-refractivity contribution is 0.0973. The van der Waals surface area contributed by atoms with Gasteiger partial charge in [0.1, 0.15) is 26.9 Å². The highest BCUT2D eigenvalue weighted by atomic mass is 32.1. The molecule has 244 valence electrons. The van der Waals surface area contributed by atoms with Gasteiger partial charge in [-0.15, -0.1) is 22.7 Å². The van der Waals surface area contributed by atoms with E-state index in [9.17, 15) is 24.0 Å². The van der Waals surface area contributed by atoms with Gasteiger partial charge in [-0.3, -0.25) is 24.0 Å². The van der Waals surface area contributed by atoms with Gasteiger partial charge in [-0.25, -0.2) is 9.97 Å². The number of carbonyl (C=O) groups is 5. The minimum atomic E-state index is -0.407. The average Bonchev–Trinajstić information content (AvgIpc) is 3.70. The summed E-state index contributed by atoms with van der Waals surface area (Å²) in [4.78, 5) is 77.7. The van der Waals surface area contributed by atoms with E-state index < -0.39 is 5.78 Å². The molecule has 6 rings (SSSR count). The number of aryl methyl sites for hydroxylation is 2. The van der Waals surface area contributed by atoms with E-state index >= 15 is 0 Å². The van der Waals surface area contributed by atoms with Crippen molar-refractivity contribution in [1.29, 1.82) is 0 Å². The van der Waals surface area contributed by atoms with Crippen molar-refractivity contribution in [2.45, 2.75) is 32.6 Å². The first kappa shape index (κ1) is 32.4. The van der Waals surface area contributed by atoms with E-state index in [4.69, 9.17) is 4.74 Å². The van der Waals surface area contributed by atoms with Crippen LogP contribution in [0.2, 0.25) is 0 Å². The van der Waals surface area contributed by atoms with Crippen molar-refractivity contribution in [2.24, 2.45) is 0 Å². The number of methoxy groups -OCH3 is 1. The number of fused-ring (bicyclic) bond motifs is 3. The molecule has 1 amide bonds. The van der Waals surface area contributed by atoms with E-state index in [1.54, 1.807) is 18.9 Å². The Labute approximate surface area is 279 Å². The second-order valence-electron chi connectivity index (χ2n) is 11.5. The third-order valence-corrected chi connectivity index (χ3v) is 10.2. The van der Waals surface area contributed by atoms with Gasteiger partial charge in [0.15, 0.2) is 16.6 Å². The van der Waals surface area contributed by atoms with Gasteiger partial charge in [-0.2, -0.15) is 0 Å². The molecule has 14 heteroatoms. The average molecular weight is 675 g/mol. The van der Waals surface area contributed by atoms with Crippen LogP contribution in [0.5, 0.6) is 5.75 Å². The van der Waals surface area contributed by atoms with Gasteiger partial charge in [0.2, 0.25) is 11.6 Å². The molecule has 3 heterocycles. The molecular formula is C33H34N6O6S2. The predicted octanol–water partition coefficient (Wildman–Crippen LogP) is 3.63. The summed E-state index contributed by atoms with van der Waals surface area (Å²) in [5.41, 5.74) is 2.38. The zero-order valence-corrected chi connectivity index (χ0v) is 27.9. The summed E-state index contributed by atoms with van der Waals surface area (Å²) in [6, 6.07) is 5.67. The molecule has 0 spiro atoms. The van der Waals surface area contributed by atoms with Crippen molar-refractivity contribution in [2.75, 3.05) is 51.8 Å². The largest absolute Gasteiger partial charge is 0.495 e. The standard InChI is InChI=1S/C33H34N6O6S2/c1-18-36-25-28(42)20(16-22(40)30(25)46-18)34-11-6-13-38(2)14-7-12-35-21-17-23(41)31-26(29(21)43)37-32(47-31)33(44)39-15-5-9-19-8-4-10-24(45-3)27(19)39/h4,8,10,16-17,34-35H,5-7,9,11-15H2,1-3H3. The highest BCUT2D eigenvalue weighted by Crippen LogP contribution is 2.38. The van der Waals surface area contributed by atoms with Crippen molar-refractivity contribution in [3.63, 3.8) is 0 Å². The predicted molar refractivity (Wildman–Crippen MR) is 178 cm³/mol. The number of aromatic nitrogens is 2. The van der Waals surface area contributed by atoms with E-state index in [1.807, 2.05) is 25.2 Å². The van der Waals surface area contributed by atoms with Crippen molar-refractivity contribution in [1.82, 2.24) is 25.5 Å². The quantitative estimate of drug-likeness (QED) is 0.271. The van der Waals surface area contributed by atoms with Gasteiger partial charge in [-0.05, 0) is 64.4 Å². The maximum atomic E-state index is 13.6.